The minimum atomic E-state index is -1.09. The van der Waals surface area contributed by atoms with E-state index in [2.05, 4.69) is 5.32 Å². The summed E-state index contributed by atoms with van der Waals surface area (Å²) in [5.74, 6) is 0.522. The number of β-lactam (4-membered cyclic amide) rings is 1. The molecule has 2 rings (SSSR count). The normalized spacial score (nSPS) is 17.1. The molecule has 108 valence electrons. The Morgan fingerprint density at radius 2 is 2.15 bits per heavy atom. The Morgan fingerprint density at radius 1 is 1.45 bits per heavy atom. The molecule has 1 aliphatic rings. The molecule has 1 aromatic rings. The van der Waals surface area contributed by atoms with Crippen LogP contribution in [0.15, 0.2) is 24.3 Å². The molecule has 20 heavy (non-hydrogen) atoms. The van der Waals surface area contributed by atoms with Crippen LogP contribution in [0.5, 0.6) is 5.75 Å². The second-order valence-electron chi connectivity index (χ2n) is 4.66. The Hall–Kier alpha value is -2.24. The van der Waals surface area contributed by atoms with Crippen molar-refractivity contribution >= 4 is 12.0 Å². The Balaban J connectivity index is 1.99. The minimum absolute atomic E-state index is 0.196. The highest BCUT2D eigenvalue weighted by molar-refractivity contribution is 5.90. The van der Waals surface area contributed by atoms with Crippen LogP contribution < -0.4 is 10.1 Å². The molecule has 6 heteroatoms. The van der Waals surface area contributed by atoms with Gasteiger partial charge in [0.15, 0.2) is 0 Å². The van der Waals surface area contributed by atoms with E-state index < -0.39 is 12.1 Å². The van der Waals surface area contributed by atoms with Gasteiger partial charge in [-0.05, 0) is 24.1 Å². The lowest BCUT2D eigenvalue weighted by Crippen LogP contribution is -2.62. The molecular weight excluding hydrogens is 260 g/mol. The van der Waals surface area contributed by atoms with Crippen LogP contribution in [0.4, 0.5) is 4.79 Å². The number of carbonyl (C=O) groups excluding carboxylic acids is 1. The number of hydrogen-bond acceptors (Lipinski definition) is 3. The summed E-state index contributed by atoms with van der Waals surface area (Å²) in [6.45, 7) is 3.26. The quantitative estimate of drug-likeness (QED) is 0.772. The molecule has 1 saturated heterocycles. The lowest BCUT2D eigenvalue weighted by atomic mass is 10.1. The maximum Gasteiger partial charge on any atom is 0.408 e. The van der Waals surface area contributed by atoms with E-state index >= 15 is 0 Å². The van der Waals surface area contributed by atoms with Gasteiger partial charge in [-0.25, -0.2) is 4.79 Å². The van der Waals surface area contributed by atoms with Crippen molar-refractivity contribution in [2.24, 2.45) is 0 Å². The molecule has 0 unspecified atom stereocenters. The number of benzene rings is 1. The van der Waals surface area contributed by atoms with Crippen molar-refractivity contribution in [3.63, 3.8) is 0 Å². The zero-order valence-corrected chi connectivity index (χ0v) is 11.3. The van der Waals surface area contributed by atoms with Crippen LogP contribution in [0.2, 0.25) is 0 Å². The van der Waals surface area contributed by atoms with Gasteiger partial charge in [0.1, 0.15) is 11.8 Å². The Morgan fingerprint density at radius 3 is 2.60 bits per heavy atom. The van der Waals surface area contributed by atoms with Crippen molar-refractivity contribution < 1.29 is 19.4 Å². The third kappa shape index (κ3) is 3.20. The van der Waals surface area contributed by atoms with E-state index in [1.54, 1.807) is 0 Å². The fourth-order valence-corrected chi connectivity index (χ4v) is 1.95. The van der Waals surface area contributed by atoms with E-state index in [0.717, 1.165) is 22.6 Å². The molecule has 1 atom stereocenters. The number of rotatable bonds is 6. The summed E-state index contributed by atoms with van der Waals surface area (Å²) in [5.41, 5.74) is 0.830. The van der Waals surface area contributed by atoms with Gasteiger partial charge < -0.3 is 15.2 Å². The third-order valence-electron chi connectivity index (χ3n) is 3.14. The summed E-state index contributed by atoms with van der Waals surface area (Å²) in [6.07, 6.45) is -0.151. The number of nitrogens with zero attached hydrogens (tertiary/aromatic N) is 1. The number of hydrogen-bond donors (Lipinski definition) is 2. The van der Waals surface area contributed by atoms with Crippen LogP contribution in [0.1, 0.15) is 18.9 Å². The van der Waals surface area contributed by atoms with Crippen molar-refractivity contribution in [3.8, 4) is 5.75 Å². The smallest absolute Gasteiger partial charge is 0.408 e. The zero-order chi connectivity index (χ0) is 14.5. The SMILES string of the molecule is CCCOc1ccc(CN(C(=O)O)[C@H]2CNC2=O)cc1. The van der Waals surface area contributed by atoms with Gasteiger partial charge in [0, 0.05) is 13.1 Å². The zero-order valence-electron chi connectivity index (χ0n) is 11.3. The summed E-state index contributed by atoms with van der Waals surface area (Å²) in [5, 5.41) is 11.7. The van der Waals surface area contributed by atoms with Crippen molar-refractivity contribution in [1.29, 1.82) is 0 Å². The average molecular weight is 278 g/mol. The Bertz CT molecular complexity index is 486. The Kier molecular flexibility index (Phi) is 4.45. The first-order chi connectivity index (χ1) is 9.61. The van der Waals surface area contributed by atoms with Gasteiger partial charge in [-0.15, -0.1) is 0 Å². The molecular formula is C14H18N2O4. The van der Waals surface area contributed by atoms with E-state index in [4.69, 9.17) is 4.74 Å². The summed E-state index contributed by atoms with van der Waals surface area (Å²) in [6, 6.07) is 6.68. The van der Waals surface area contributed by atoms with Crippen LogP contribution >= 0.6 is 0 Å². The fraction of sp³-hybridized carbons (Fsp3) is 0.429. The second-order valence-corrected chi connectivity index (χ2v) is 4.66. The number of amides is 2. The van der Waals surface area contributed by atoms with E-state index in [1.807, 2.05) is 31.2 Å². The van der Waals surface area contributed by atoms with Crippen LogP contribution in [0.3, 0.4) is 0 Å². The van der Waals surface area contributed by atoms with Crippen LogP contribution in [-0.4, -0.2) is 41.2 Å². The molecule has 1 aromatic carbocycles. The molecule has 6 nitrogen and oxygen atoms in total. The molecule has 1 heterocycles. The van der Waals surface area contributed by atoms with Crippen molar-refractivity contribution in [2.45, 2.75) is 25.9 Å². The lowest BCUT2D eigenvalue weighted by Gasteiger charge is -2.34. The van der Waals surface area contributed by atoms with Gasteiger partial charge in [-0.1, -0.05) is 19.1 Å². The fourth-order valence-electron chi connectivity index (χ4n) is 1.95. The second kappa shape index (κ2) is 6.27. The van der Waals surface area contributed by atoms with Crippen molar-refractivity contribution in [3.05, 3.63) is 29.8 Å². The topological polar surface area (TPSA) is 78.9 Å². The van der Waals surface area contributed by atoms with Gasteiger partial charge >= 0.3 is 6.09 Å². The highest BCUT2D eigenvalue weighted by atomic mass is 16.5. The molecule has 0 radical (unpaired) electrons. The maximum atomic E-state index is 11.3. The highest BCUT2D eigenvalue weighted by Gasteiger charge is 2.36. The largest absolute Gasteiger partial charge is 0.494 e. The Labute approximate surface area is 117 Å². The minimum Gasteiger partial charge on any atom is -0.494 e. The predicted octanol–water partition coefficient (Wildman–Crippen LogP) is 1.45. The van der Waals surface area contributed by atoms with Gasteiger partial charge in [0.2, 0.25) is 5.91 Å². The van der Waals surface area contributed by atoms with Crippen molar-refractivity contribution in [1.82, 2.24) is 10.2 Å². The molecule has 0 saturated carbocycles. The summed E-state index contributed by atoms with van der Waals surface area (Å²) in [4.78, 5) is 23.7. The maximum absolute atomic E-state index is 11.3. The number of ether oxygens (including phenoxy) is 1. The first-order valence-corrected chi connectivity index (χ1v) is 6.61. The number of carbonyl (C=O) groups is 2. The third-order valence-corrected chi connectivity index (χ3v) is 3.14. The number of carboxylic acid groups (broad SMARTS) is 1. The first kappa shape index (κ1) is 14.2. The molecule has 2 N–H and O–H groups in total. The number of nitrogens with one attached hydrogen (secondary N) is 1. The molecule has 2 amide bonds. The molecule has 0 spiro atoms. The van der Waals surface area contributed by atoms with E-state index in [0.29, 0.717) is 13.2 Å². The monoisotopic (exact) mass is 278 g/mol. The van der Waals surface area contributed by atoms with Crippen molar-refractivity contribution in [2.75, 3.05) is 13.2 Å². The molecule has 0 bridgehead atoms. The average Bonchev–Trinajstić information content (AvgIpc) is 2.44. The first-order valence-electron chi connectivity index (χ1n) is 6.61. The highest BCUT2D eigenvalue weighted by Crippen LogP contribution is 2.16. The van der Waals surface area contributed by atoms with Crippen LogP contribution in [0, 0.1) is 0 Å². The van der Waals surface area contributed by atoms with Gasteiger partial charge in [-0.3, -0.25) is 9.69 Å². The van der Waals surface area contributed by atoms with Crippen LogP contribution in [-0.2, 0) is 11.3 Å². The van der Waals surface area contributed by atoms with Crippen LogP contribution in [0.25, 0.3) is 0 Å². The molecule has 1 fully saturated rings. The summed E-state index contributed by atoms with van der Waals surface area (Å²) >= 11 is 0. The standard InChI is InChI=1S/C14H18N2O4/c1-2-7-20-11-5-3-10(4-6-11)9-16(14(18)19)12-8-15-13(12)17/h3-6,12H,2,7-9H2,1H3,(H,15,17)(H,18,19)/t12-/m0/s1. The van der Waals surface area contributed by atoms with E-state index in [1.165, 1.54) is 0 Å². The molecule has 0 aliphatic carbocycles. The molecule has 1 aliphatic heterocycles. The van der Waals surface area contributed by atoms with Gasteiger partial charge in [0.05, 0.1) is 6.61 Å². The van der Waals surface area contributed by atoms with E-state index in [-0.39, 0.29) is 12.5 Å². The molecule has 0 aromatic heterocycles. The lowest BCUT2D eigenvalue weighted by molar-refractivity contribution is -0.132. The van der Waals surface area contributed by atoms with Gasteiger partial charge in [-0.2, -0.15) is 0 Å². The summed E-state index contributed by atoms with van der Waals surface area (Å²) in [7, 11) is 0. The summed E-state index contributed by atoms with van der Waals surface area (Å²) < 4.78 is 5.47. The van der Waals surface area contributed by atoms with E-state index in [9.17, 15) is 14.7 Å². The predicted molar refractivity (Wildman–Crippen MR) is 72.6 cm³/mol. The van der Waals surface area contributed by atoms with Gasteiger partial charge in [0.25, 0.3) is 0 Å².